The van der Waals surface area contributed by atoms with E-state index in [0.717, 1.165) is 23.3 Å². The number of hydrogen-bond donors (Lipinski definition) is 1. The van der Waals surface area contributed by atoms with Crippen LogP contribution in [0.4, 0.5) is 0 Å². The van der Waals surface area contributed by atoms with Crippen molar-refractivity contribution in [3.05, 3.63) is 88.7 Å². The van der Waals surface area contributed by atoms with Gasteiger partial charge in [-0.05, 0) is 63.8 Å². The van der Waals surface area contributed by atoms with Crippen LogP contribution in [-0.2, 0) is 4.79 Å². The molecule has 0 radical (unpaired) electrons. The highest BCUT2D eigenvalue weighted by molar-refractivity contribution is 7.19. The molecule has 9 heteroatoms. The first kappa shape index (κ1) is 25.7. The van der Waals surface area contributed by atoms with Crippen LogP contribution in [-0.4, -0.2) is 69.8 Å². The first-order valence-corrected chi connectivity index (χ1v) is 13.3. The van der Waals surface area contributed by atoms with E-state index in [4.69, 9.17) is 4.74 Å². The fourth-order valence-electron chi connectivity index (χ4n) is 4.95. The van der Waals surface area contributed by atoms with E-state index in [2.05, 4.69) is 11.6 Å². The predicted molar refractivity (Wildman–Crippen MR) is 149 cm³/mol. The number of thiazole rings is 1. The molecule has 0 saturated carbocycles. The highest BCUT2D eigenvalue weighted by atomic mass is 32.1. The van der Waals surface area contributed by atoms with Gasteiger partial charge in [-0.15, -0.1) is 0 Å². The van der Waals surface area contributed by atoms with E-state index in [1.807, 2.05) is 78.9 Å². The molecule has 1 N–H and O–H groups in total. The summed E-state index contributed by atoms with van der Waals surface area (Å²) in [4.78, 5) is 36.9. The number of carbonyl (C=O) groups excluding carboxylic acids is 2. The Bertz CT molecular complexity index is 1580. The second kappa shape index (κ2) is 10.4. The molecule has 2 aromatic heterocycles. The zero-order chi connectivity index (χ0) is 27.0. The van der Waals surface area contributed by atoms with Gasteiger partial charge in [0, 0.05) is 12.2 Å². The highest BCUT2D eigenvalue weighted by Crippen LogP contribution is 2.41. The van der Waals surface area contributed by atoms with E-state index in [0.29, 0.717) is 40.7 Å². The molecular formula is C29H30N4O4S. The standard InChI is InChI=1S/C29H30N4O4S/c1-5-16-37-20-11-8-10-19(17-20)24-23(26(35)28(36)32(24)15-9-14-31(3)4)25(34)27-18(2)33-22-13-7-6-12-21(22)30-29(33)38-27/h5-8,10-13,17,24,35H,1,9,14-16H2,2-4H3. The maximum Gasteiger partial charge on any atom is 0.290 e. The molecular weight excluding hydrogens is 500 g/mol. The Morgan fingerprint density at radius 2 is 2.03 bits per heavy atom. The molecule has 0 saturated heterocycles. The smallest absolute Gasteiger partial charge is 0.290 e. The van der Waals surface area contributed by atoms with Gasteiger partial charge in [-0.1, -0.05) is 48.3 Å². The predicted octanol–water partition coefficient (Wildman–Crippen LogP) is 4.95. The van der Waals surface area contributed by atoms with E-state index in [-0.39, 0.29) is 11.4 Å². The summed E-state index contributed by atoms with van der Waals surface area (Å²) >= 11 is 1.27. The van der Waals surface area contributed by atoms with Crippen molar-refractivity contribution in [3.63, 3.8) is 0 Å². The lowest BCUT2D eigenvalue weighted by Gasteiger charge is -2.27. The van der Waals surface area contributed by atoms with Gasteiger partial charge in [0.15, 0.2) is 10.7 Å². The molecule has 0 fully saturated rings. The van der Waals surface area contributed by atoms with Crippen molar-refractivity contribution in [2.75, 3.05) is 33.8 Å². The summed E-state index contributed by atoms with van der Waals surface area (Å²) in [5.41, 5.74) is 3.26. The third-order valence-corrected chi connectivity index (χ3v) is 7.83. The maximum absolute atomic E-state index is 14.1. The molecule has 1 aliphatic heterocycles. The van der Waals surface area contributed by atoms with Crippen molar-refractivity contribution >= 4 is 39.0 Å². The molecule has 1 unspecified atom stereocenters. The Morgan fingerprint density at radius 1 is 1.24 bits per heavy atom. The number of carbonyl (C=O) groups is 2. The average Bonchev–Trinajstić information content (AvgIpc) is 3.51. The van der Waals surface area contributed by atoms with Crippen molar-refractivity contribution in [2.24, 2.45) is 0 Å². The van der Waals surface area contributed by atoms with Crippen LogP contribution in [0.2, 0.25) is 0 Å². The topological polar surface area (TPSA) is 87.4 Å². The summed E-state index contributed by atoms with van der Waals surface area (Å²) in [6.07, 6.45) is 2.34. The third-order valence-electron chi connectivity index (χ3n) is 6.69. The number of ether oxygens (including phenoxy) is 1. The number of aryl methyl sites for hydroxylation is 1. The number of imidazole rings is 1. The zero-order valence-electron chi connectivity index (χ0n) is 21.7. The van der Waals surface area contributed by atoms with E-state index in [1.54, 1.807) is 11.0 Å². The molecule has 1 amide bonds. The van der Waals surface area contributed by atoms with Crippen molar-refractivity contribution in [1.29, 1.82) is 0 Å². The number of amides is 1. The molecule has 196 valence electrons. The summed E-state index contributed by atoms with van der Waals surface area (Å²) in [6, 6.07) is 14.3. The molecule has 8 nitrogen and oxygen atoms in total. The SMILES string of the molecule is C=CCOc1cccc(C2C(C(=O)c3sc4nc5ccccc5n4c3C)=C(O)C(=O)N2CCCN(C)C)c1. The van der Waals surface area contributed by atoms with Crippen LogP contribution in [0.25, 0.3) is 16.0 Å². The molecule has 0 bridgehead atoms. The summed E-state index contributed by atoms with van der Waals surface area (Å²) < 4.78 is 7.68. The van der Waals surface area contributed by atoms with Gasteiger partial charge in [0.2, 0.25) is 5.78 Å². The molecule has 38 heavy (non-hydrogen) atoms. The van der Waals surface area contributed by atoms with E-state index in [1.165, 1.54) is 11.3 Å². The maximum atomic E-state index is 14.1. The molecule has 0 spiro atoms. The number of ketones is 1. The number of rotatable bonds is 10. The minimum absolute atomic E-state index is 0.0811. The molecule has 0 aliphatic carbocycles. The van der Waals surface area contributed by atoms with Crippen LogP contribution >= 0.6 is 11.3 Å². The number of fused-ring (bicyclic) bond motifs is 3. The van der Waals surface area contributed by atoms with Crippen LogP contribution in [0.5, 0.6) is 5.75 Å². The average molecular weight is 531 g/mol. The van der Waals surface area contributed by atoms with Gasteiger partial charge in [-0.2, -0.15) is 0 Å². The van der Waals surface area contributed by atoms with Crippen LogP contribution in [0.3, 0.4) is 0 Å². The van der Waals surface area contributed by atoms with Crippen molar-refractivity contribution < 1.29 is 19.4 Å². The first-order chi connectivity index (χ1) is 18.3. The first-order valence-electron chi connectivity index (χ1n) is 12.5. The molecule has 5 rings (SSSR count). The van der Waals surface area contributed by atoms with Crippen molar-refractivity contribution in [2.45, 2.75) is 19.4 Å². The van der Waals surface area contributed by atoms with Gasteiger partial charge >= 0.3 is 0 Å². The lowest BCUT2D eigenvalue weighted by atomic mass is 9.94. The number of nitrogens with zero attached hydrogens (tertiary/aromatic N) is 4. The monoisotopic (exact) mass is 530 g/mol. The van der Waals surface area contributed by atoms with Crippen LogP contribution < -0.4 is 4.74 Å². The second-order valence-corrected chi connectivity index (χ2v) is 10.5. The highest BCUT2D eigenvalue weighted by Gasteiger charge is 2.44. The summed E-state index contributed by atoms with van der Waals surface area (Å²) in [6.45, 7) is 7.04. The minimum atomic E-state index is -0.741. The van der Waals surface area contributed by atoms with Crippen molar-refractivity contribution in [3.8, 4) is 5.75 Å². The number of Topliss-reactive ketones (excluding diaryl/α,β-unsaturated/α-hetero) is 1. The van der Waals surface area contributed by atoms with Crippen LogP contribution in [0.1, 0.15) is 33.4 Å². The Kier molecular flexibility index (Phi) is 7.05. The number of hydrogen-bond acceptors (Lipinski definition) is 7. The van der Waals surface area contributed by atoms with Gasteiger partial charge in [-0.25, -0.2) is 4.98 Å². The largest absolute Gasteiger partial charge is 0.503 e. The summed E-state index contributed by atoms with van der Waals surface area (Å²) in [7, 11) is 3.93. The van der Waals surface area contributed by atoms with Crippen LogP contribution in [0.15, 0.2) is 72.5 Å². The van der Waals surface area contributed by atoms with Gasteiger partial charge in [0.1, 0.15) is 12.4 Å². The van der Waals surface area contributed by atoms with Gasteiger partial charge < -0.3 is 19.6 Å². The lowest BCUT2D eigenvalue weighted by Crippen LogP contribution is -2.33. The van der Waals surface area contributed by atoms with E-state index < -0.39 is 17.7 Å². The molecule has 1 atom stereocenters. The quantitative estimate of drug-likeness (QED) is 0.231. The Morgan fingerprint density at radius 3 is 2.79 bits per heavy atom. The molecule has 4 aromatic rings. The van der Waals surface area contributed by atoms with Gasteiger partial charge in [0.25, 0.3) is 5.91 Å². The summed E-state index contributed by atoms with van der Waals surface area (Å²) in [5, 5.41) is 11.1. The fraction of sp³-hybridized carbons (Fsp3) is 0.276. The third kappa shape index (κ3) is 4.48. The fourth-order valence-corrected chi connectivity index (χ4v) is 6.04. The number of aliphatic hydroxyl groups excluding tert-OH is 1. The van der Waals surface area contributed by atoms with E-state index in [9.17, 15) is 14.7 Å². The van der Waals surface area contributed by atoms with Crippen molar-refractivity contribution in [1.82, 2.24) is 19.2 Å². The number of aromatic nitrogens is 2. The Hall–Kier alpha value is -3.95. The van der Waals surface area contributed by atoms with Gasteiger partial charge in [-0.3, -0.25) is 14.0 Å². The second-order valence-electron chi connectivity index (χ2n) is 9.56. The van der Waals surface area contributed by atoms with Crippen LogP contribution in [0, 0.1) is 6.92 Å². The zero-order valence-corrected chi connectivity index (χ0v) is 22.5. The number of benzene rings is 2. The normalized spacial score (nSPS) is 15.8. The number of para-hydroxylation sites is 2. The Balaban J connectivity index is 1.58. The number of aliphatic hydroxyl groups is 1. The minimum Gasteiger partial charge on any atom is -0.503 e. The molecule has 3 heterocycles. The summed E-state index contributed by atoms with van der Waals surface area (Å²) in [5.74, 6) is -0.819. The molecule has 2 aromatic carbocycles. The van der Waals surface area contributed by atoms with Gasteiger partial charge in [0.05, 0.1) is 27.5 Å². The lowest BCUT2D eigenvalue weighted by molar-refractivity contribution is -0.129. The molecule has 1 aliphatic rings. The van der Waals surface area contributed by atoms with E-state index >= 15 is 0 Å². The Labute approximate surface area is 225 Å².